The van der Waals surface area contributed by atoms with Crippen LogP contribution in [0.15, 0.2) is 16.6 Å². The maximum atomic E-state index is 12.3. The van der Waals surface area contributed by atoms with Crippen molar-refractivity contribution in [3.8, 4) is 0 Å². The Morgan fingerprint density at radius 1 is 1.30 bits per heavy atom. The van der Waals surface area contributed by atoms with Gasteiger partial charge in [0.15, 0.2) is 0 Å². The first-order valence-electron chi connectivity index (χ1n) is 7.15. The van der Waals surface area contributed by atoms with Crippen molar-refractivity contribution in [1.82, 2.24) is 0 Å². The zero-order valence-corrected chi connectivity index (χ0v) is 13.9. The molecule has 110 valence electrons. The number of ether oxygens (including phenoxy) is 1. The fraction of sp³-hybridized carbons (Fsp3) is 0.562. The number of nitrogen functional groups attached to an aromatic ring is 1. The first kappa shape index (κ1) is 15.4. The molecular weight excluding hydrogens is 318 g/mol. The van der Waals surface area contributed by atoms with E-state index in [0.717, 1.165) is 29.3 Å². The van der Waals surface area contributed by atoms with Gasteiger partial charge in [-0.3, -0.25) is 0 Å². The lowest BCUT2D eigenvalue weighted by Gasteiger charge is -2.31. The first-order chi connectivity index (χ1) is 9.38. The van der Waals surface area contributed by atoms with Gasteiger partial charge in [-0.1, -0.05) is 29.8 Å². The van der Waals surface area contributed by atoms with Gasteiger partial charge in [0.05, 0.1) is 5.56 Å². The molecule has 2 rings (SSSR count). The van der Waals surface area contributed by atoms with Gasteiger partial charge in [-0.15, -0.1) is 0 Å². The fourth-order valence-corrected chi connectivity index (χ4v) is 3.21. The Morgan fingerprint density at radius 2 is 2.00 bits per heavy atom. The Balaban J connectivity index is 2.09. The number of anilines is 1. The summed E-state index contributed by atoms with van der Waals surface area (Å²) in [6.45, 7) is 6.35. The van der Waals surface area contributed by atoms with Crippen LogP contribution in [0.5, 0.6) is 0 Å². The number of rotatable bonds is 2. The molecule has 3 unspecified atom stereocenters. The molecule has 0 bridgehead atoms. The van der Waals surface area contributed by atoms with Crippen LogP contribution in [0.3, 0.4) is 0 Å². The summed E-state index contributed by atoms with van der Waals surface area (Å²) in [5.74, 6) is 1.06. The number of carbonyl (C=O) groups excluding carboxylic acids is 1. The molecule has 3 nitrogen and oxygen atoms in total. The van der Waals surface area contributed by atoms with Crippen LogP contribution in [-0.4, -0.2) is 12.1 Å². The summed E-state index contributed by atoms with van der Waals surface area (Å²) < 4.78 is 6.48. The number of hydrogen-bond donors (Lipinski definition) is 1. The monoisotopic (exact) mass is 339 g/mol. The third-order valence-corrected chi connectivity index (χ3v) is 4.91. The van der Waals surface area contributed by atoms with Crippen molar-refractivity contribution < 1.29 is 9.53 Å². The van der Waals surface area contributed by atoms with Crippen molar-refractivity contribution in [3.05, 3.63) is 27.7 Å². The topological polar surface area (TPSA) is 52.3 Å². The van der Waals surface area contributed by atoms with E-state index in [1.54, 1.807) is 12.1 Å². The molecular formula is C16H22BrNO2. The van der Waals surface area contributed by atoms with Gasteiger partial charge in [0.25, 0.3) is 0 Å². The lowest BCUT2D eigenvalue weighted by Crippen LogP contribution is -2.29. The zero-order valence-electron chi connectivity index (χ0n) is 12.3. The van der Waals surface area contributed by atoms with Gasteiger partial charge in [0.1, 0.15) is 6.10 Å². The third-order valence-electron chi connectivity index (χ3n) is 4.46. The van der Waals surface area contributed by atoms with Gasteiger partial charge >= 0.3 is 5.97 Å². The smallest absolute Gasteiger partial charge is 0.338 e. The normalized spacial score (nSPS) is 26.3. The van der Waals surface area contributed by atoms with Crippen LogP contribution in [0.2, 0.25) is 0 Å². The van der Waals surface area contributed by atoms with Gasteiger partial charge < -0.3 is 10.5 Å². The van der Waals surface area contributed by atoms with Gasteiger partial charge in [0, 0.05) is 10.2 Å². The van der Waals surface area contributed by atoms with Crippen LogP contribution in [0.25, 0.3) is 0 Å². The summed E-state index contributed by atoms with van der Waals surface area (Å²) in [5.41, 5.74) is 7.85. The number of carbonyl (C=O) groups is 1. The van der Waals surface area contributed by atoms with Crippen molar-refractivity contribution in [2.45, 2.75) is 46.1 Å². The van der Waals surface area contributed by atoms with Crippen molar-refractivity contribution >= 4 is 27.6 Å². The van der Waals surface area contributed by atoms with E-state index in [4.69, 9.17) is 10.5 Å². The molecule has 0 aliphatic heterocycles. The molecule has 0 heterocycles. The van der Waals surface area contributed by atoms with Gasteiger partial charge in [-0.05, 0) is 55.7 Å². The average Bonchev–Trinajstić information content (AvgIpc) is 2.38. The second-order valence-corrected chi connectivity index (χ2v) is 6.88. The molecule has 0 amide bonds. The molecule has 2 N–H and O–H groups in total. The second-order valence-electron chi connectivity index (χ2n) is 5.96. The quantitative estimate of drug-likeness (QED) is 0.644. The van der Waals surface area contributed by atoms with Gasteiger partial charge in [-0.25, -0.2) is 4.79 Å². The van der Waals surface area contributed by atoms with E-state index in [0.29, 0.717) is 23.1 Å². The van der Waals surface area contributed by atoms with Crippen molar-refractivity contribution in [1.29, 1.82) is 0 Å². The summed E-state index contributed by atoms with van der Waals surface area (Å²) >= 11 is 3.37. The number of nitrogens with two attached hydrogens (primary N) is 1. The Bertz CT molecular complexity index is 515. The largest absolute Gasteiger partial charge is 0.459 e. The molecule has 1 aromatic rings. The van der Waals surface area contributed by atoms with Crippen LogP contribution >= 0.6 is 15.9 Å². The van der Waals surface area contributed by atoms with Crippen LogP contribution in [0.1, 0.15) is 49.0 Å². The maximum absolute atomic E-state index is 12.3. The molecule has 1 aliphatic carbocycles. The van der Waals surface area contributed by atoms with E-state index in [2.05, 4.69) is 29.8 Å². The SMILES string of the molecule is Cc1c(N)cc(Br)cc1C(=O)OC1CCC(C)C(C)C1. The van der Waals surface area contributed by atoms with Crippen LogP contribution in [0, 0.1) is 18.8 Å². The van der Waals surface area contributed by atoms with Crippen LogP contribution in [0.4, 0.5) is 5.69 Å². The number of benzene rings is 1. The predicted octanol–water partition coefficient (Wildman–Crippen LogP) is 4.32. The Morgan fingerprint density at radius 3 is 2.65 bits per heavy atom. The fourth-order valence-electron chi connectivity index (χ4n) is 2.73. The lowest BCUT2D eigenvalue weighted by molar-refractivity contribution is 0.00871. The average molecular weight is 340 g/mol. The highest BCUT2D eigenvalue weighted by atomic mass is 79.9. The molecule has 1 aromatic carbocycles. The minimum Gasteiger partial charge on any atom is -0.459 e. The molecule has 1 saturated carbocycles. The summed E-state index contributed by atoms with van der Waals surface area (Å²) in [5, 5.41) is 0. The molecule has 1 aliphatic rings. The number of esters is 1. The van der Waals surface area contributed by atoms with Crippen LogP contribution < -0.4 is 5.73 Å². The van der Waals surface area contributed by atoms with Gasteiger partial charge in [-0.2, -0.15) is 0 Å². The van der Waals surface area contributed by atoms with E-state index in [1.165, 1.54) is 0 Å². The Kier molecular flexibility index (Phi) is 4.74. The highest BCUT2D eigenvalue weighted by Crippen LogP contribution is 2.32. The minimum atomic E-state index is -0.262. The summed E-state index contributed by atoms with van der Waals surface area (Å²) in [7, 11) is 0. The molecule has 1 fully saturated rings. The highest BCUT2D eigenvalue weighted by Gasteiger charge is 2.27. The predicted molar refractivity (Wildman–Crippen MR) is 84.7 cm³/mol. The van der Waals surface area contributed by atoms with Crippen LogP contribution in [-0.2, 0) is 4.74 Å². The third kappa shape index (κ3) is 3.35. The molecule has 4 heteroatoms. The maximum Gasteiger partial charge on any atom is 0.338 e. The molecule has 0 saturated heterocycles. The molecule has 0 radical (unpaired) electrons. The Hall–Kier alpha value is -1.03. The number of hydrogen-bond acceptors (Lipinski definition) is 3. The molecule has 0 spiro atoms. The van der Waals surface area contributed by atoms with E-state index in [9.17, 15) is 4.79 Å². The molecule has 0 aromatic heterocycles. The second kappa shape index (κ2) is 6.17. The van der Waals surface area contributed by atoms with Gasteiger partial charge in [0.2, 0.25) is 0 Å². The van der Waals surface area contributed by atoms with E-state index in [1.807, 2.05) is 6.92 Å². The summed E-state index contributed by atoms with van der Waals surface area (Å²) in [6.07, 6.45) is 3.07. The molecule has 3 atom stereocenters. The van der Waals surface area contributed by atoms with Crippen molar-refractivity contribution in [3.63, 3.8) is 0 Å². The zero-order chi connectivity index (χ0) is 14.9. The molecule has 20 heavy (non-hydrogen) atoms. The van der Waals surface area contributed by atoms with E-state index < -0.39 is 0 Å². The van der Waals surface area contributed by atoms with Crippen molar-refractivity contribution in [2.24, 2.45) is 11.8 Å². The van der Waals surface area contributed by atoms with E-state index in [-0.39, 0.29) is 12.1 Å². The first-order valence-corrected chi connectivity index (χ1v) is 7.94. The lowest BCUT2D eigenvalue weighted by atomic mass is 9.80. The standard InChI is InChI=1S/C16H22BrNO2/c1-9-4-5-13(6-10(9)2)20-16(19)14-7-12(17)8-15(18)11(14)3/h7-10,13H,4-6,18H2,1-3H3. The minimum absolute atomic E-state index is 0.0355. The summed E-state index contributed by atoms with van der Waals surface area (Å²) in [4.78, 5) is 12.3. The summed E-state index contributed by atoms with van der Waals surface area (Å²) in [6, 6.07) is 3.58. The number of halogens is 1. The Labute approximate surface area is 129 Å². The van der Waals surface area contributed by atoms with E-state index >= 15 is 0 Å². The van der Waals surface area contributed by atoms with Crippen molar-refractivity contribution in [2.75, 3.05) is 5.73 Å². The highest BCUT2D eigenvalue weighted by molar-refractivity contribution is 9.10.